The molecule has 0 radical (unpaired) electrons. The molecule has 0 saturated heterocycles. The average Bonchev–Trinajstić information content (AvgIpc) is 2.35. The zero-order chi connectivity index (χ0) is 12.8. The molecule has 92 valence electrons. The molecule has 0 aromatic carbocycles. The van der Waals surface area contributed by atoms with Gasteiger partial charge in [-0.05, 0) is 12.1 Å². The van der Waals surface area contributed by atoms with Gasteiger partial charge in [0.25, 0.3) is 5.91 Å². The van der Waals surface area contributed by atoms with Crippen LogP contribution in [0.5, 0.6) is 0 Å². The lowest BCUT2D eigenvalue weighted by atomic mass is 10.2. The van der Waals surface area contributed by atoms with Gasteiger partial charge in [-0.2, -0.15) is 0 Å². The molecule has 1 rings (SSSR count). The molecule has 1 heterocycles. The van der Waals surface area contributed by atoms with Crippen LogP contribution in [0.25, 0.3) is 0 Å². The molecular weight excluding hydrogens is 238 g/mol. The van der Waals surface area contributed by atoms with Crippen molar-refractivity contribution in [1.82, 2.24) is 9.88 Å². The Morgan fingerprint density at radius 3 is 2.76 bits per heavy atom. The van der Waals surface area contributed by atoms with Gasteiger partial charge in [-0.1, -0.05) is 12.2 Å². The van der Waals surface area contributed by atoms with E-state index in [2.05, 4.69) is 4.98 Å². The van der Waals surface area contributed by atoms with Gasteiger partial charge in [0.2, 0.25) is 0 Å². The molecule has 0 aliphatic heterocycles. The Morgan fingerprint density at radius 2 is 2.29 bits per heavy atom. The summed E-state index contributed by atoms with van der Waals surface area (Å²) in [5, 5.41) is 0. The maximum absolute atomic E-state index is 11.9. The third-order valence-electron chi connectivity index (χ3n) is 2.24. The van der Waals surface area contributed by atoms with E-state index in [1.807, 2.05) is 0 Å². The molecule has 0 bridgehead atoms. The van der Waals surface area contributed by atoms with E-state index in [4.69, 9.17) is 22.7 Å². The highest BCUT2D eigenvalue weighted by molar-refractivity contribution is 7.80. The third-order valence-corrected chi connectivity index (χ3v) is 2.48. The lowest BCUT2D eigenvalue weighted by molar-refractivity contribution is 0.0738. The maximum Gasteiger partial charge on any atom is 0.272 e. The van der Waals surface area contributed by atoms with Gasteiger partial charge < -0.3 is 15.4 Å². The molecule has 0 fully saturated rings. The average molecular weight is 253 g/mol. The summed E-state index contributed by atoms with van der Waals surface area (Å²) in [6.45, 7) is 1.02. The number of hydrogen-bond donors (Lipinski definition) is 1. The first-order chi connectivity index (χ1) is 8.06. The zero-order valence-electron chi connectivity index (χ0n) is 9.84. The second-order valence-corrected chi connectivity index (χ2v) is 3.96. The Morgan fingerprint density at radius 1 is 1.59 bits per heavy atom. The van der Waals surface area contributed by atoms with Crippen molar-refractivity contribution < 1.29 is 9.53 Å². The molecule has 1 amide bonds. The molecule has 6 heteroatoms. The van der Waals surface area contributed by atoms with Crippen molar-refractivity contribution >= 4 is 23.1 Å². The van der Waals surface area contributed by atoms with Crippen LogP contribution in [0.15, 0.2) is 18.3 Å². The normalized spacial score (nSPS) is 10.0. The monoisotopic (exact) mass is 253 g/mol. The maximum atomic E-state index is 11.9. The van der Waals surface area contributed by atoms with Crippen LogP contribution in [0.1, 0.15) is 16.1 Å². The number of rotatable bonds is 5. The number of likely N-dealkylation sites (N-methyl/N-ethyl adjacent to an activating group) is 1. The van der Waals surface area contributed by atoms with Gasteiger partial charge in [-0.15, -0.1) is 0 Å². The molecule has 0 saturated carbocycles. The third kappa shape index (κ3) is 3.76. The van der Waals surface area contributed by atoms with E-state index in [1.165, 1.54) is 6.20 Å². The molecule has 17 heavy (non-hydrogen) atoms. The number of methoxy groups -OCH3 is 1. The summed E-state index contributed by atoms with van der Waals surface area (Å²) >= 11 is 4.81. The molecule has 2 N–H and O–H groups in total. The standard InChI is InChI=1S/C11H15N3O2S/c1-14(5-6-16-2)11(15)9-4-3-8(7-13-9)10(12)17/h3-4,7H,5-6H2,1-2H3,(H2,12,17). The highest BCUT2D eigenvalue weighted by Gasteiger charge is 2.12. The van der Waals surface area contributed by atoms with Gasteiger partial charge in [-0.25, -0.2) is 0 Å². The van der Waals surface area contributed by atoms with Gasteiger partial charge in [-0.3, -0.25) is 9.78 Å². The van der Waals surface area contributed by atoms with E-state index in [-0.39, 0.29) is 10.9 Å². The first-order valence-electron chi connectivity index (χ1n) is 5.06. The highest BCUT2D eigenvalue weighted by atomic mass is 32.1. The Hall–Kier alpha value is -1.53. The highest BCUT2D eigenvalue weighted by Crippen LogP contribution is 2.03. The lowest BCUT2D eigenvalue weighted by Gasteiger charge is -2.15. The quantitative estimate of drug-likeness (QED) is 0.771. The first-order valence-corrected chi connectivity index (χ1v) is 5.47. The van der Waals surface area contributed by atoms with Crippen molar-refractivity contribution in [3.63, 3.8) is 0 Å². The second kappa shape index (κ2) is 6.27. The number of hydrogen-bond acceptors (Lipinski definition) is 4. The molecule has 5 nitrogen and oxygen atoms in total. The second-order valence-electron chi connectivity index (χ2n) is 3.52. The van der Waals surface area contributed by atoms with Crippen molar-refractivity contribution in [3.05, 3.63) is 29.6 Å². The van der Waals surface area contributed by atoms with Crippen LogP contribution in [0.3, 0.4) is 0 Å². The van der Waals surface area contributed by atoms with Gasteiger partial charge >= 0.3 is 0 Å². The number of amides is 1. The van der Waals surface area contributed by atoms with E-state index >= 15 is 0 Å². The van der Waals surface area contributed by atoms with Crippen LogP contribution >= 0.6 is 12.2 Å². The van der Waals surface area contributed by atoms with Crippen molar-refractivity contribution in [2.24, 2.45) is 5.73 Å². The molecule has 0 unspecified atom stereocenters. The van der Waals surface area contributed by atoms with Crippen molar-refractivity contribution in [2.75, 3.05) is 27.3 Å². The van der Waals surface area contributed by atoms with E-state index in [0.29, 0.717) is 24.4 Å². The summed E-state index contributed by atoms with van der Waals surface area (Å²) in [4.78, 5) is 17.7. The Balaban J connectivity index is 2.72. The number of carbonyl (C=O) groups is 1. The fourth-order valence-corrected chi connectivity index (χ4v) is 1.31. The predicted molar refractivity (Wildman–Crippen MR) is 69.0 cm³/mol. The Labute approximate surface area is 106 Å². The van der Waals surface area contributed by atoms with Gasteiger partial charge in [0.15, 0.2) is 0 Å². The molecule has 0 spiro atoms. The van der Waals surface area contributed by atoms with E-state index < -0.39 is 0 Å². The topological polar surface area (TPSA) is 68.5 Å². The summed E-state index contributed by atoms with van der Waals surface area (Å²) in [6.07, 6.45) is 1.50. The molecule has 0 aliphatic carbocycles. The van der Waals surface area contributed by atoms with Crippen LogP contribution in [0, 0.1) is 0 Å². The summed E-state index contributed by atoms with van der Waals surface area (Å²) in [7, 11) is 3.29. The minimum absolute atomic E-state index is 0.156. The van der Waals surface area contributed by atoms with E-state index in [9.17, 15) is 4.79 Å². The SMILES string of the molecule is COCCN(C)C(=O)c1ccc(C(N)=S)cn1. The number of nitrogens with two attached hydrogens (primary N) is 1. The van der Waals surface area contributed by atoms with Crippen molar-refractivity contribution in [3.8, 4) is 0 Å². The van der Waals surface area contributed by atoms with Crippen LogP contribution < -0.4 is 5.73 Å². The Bertz CT molecular complexity index is 406. The molecule has 1 aromatic rings. The fourth-order valence-electron chi connectivity index (χ4n) is 1.19. The number of aromatic nitrogens is 1. The van der Waals surface area contributed by atoms with Gasteiger partial charge in [0.05, 0.1) is 6.61 Å². The van der Waals surface area contributed by atoms with Crippen LogP contribution in [-0.2, 0) is 4.74 Å². The predicted octanol–water partition coefficient (Wildman–Crippen LogP) is 0.434. The van der Waals surface area contributed by atoms with Gasteiger partial charge in [0.1, 0.15) is 10.7 Å². The summed E-state index contributed by atoms with van der Waals surface area (Å²) < 4.78 is 4.90. The largest absolute Gasteiger partial charge is 0.389 e. The Kier molecular flexibility index (Phi) is 4.99. The molecular formula is C11H15N3O2S. The fraction of sp³-hybridized carbons (Fsp3) is 0.364. The first kappa shape index (κ1) is 13.5. The van der Waals surface area contributed by atoms with Crippen molar-refractivity contribution in [2.45, 2.75) is 0 Å². The lowest BCUT2D eigenvalue weighted by Crippen LogP contribution is -2.30. The molecule has 1 aromatic heterocycles. The summed E-state index contributed by atoms with van der Waals surface area (Å²) in [5.41, 5.74) is 6.46. The molecule has 0 aliphatic rings. The number of ether oxygens (including phenoxy) is 1. The summed E-state index contributed by atoms with van der Waals surface area (Å²) in [6, 6.07) is 3.30. The van der Waals surface area contributed by atoms with Crippen molar-refractivity contribution in [1.29, 1.82) is 0 Å². The van der Waals surface area contributed by atoms with Crippen LogP contribution in [-0.4, -0.2) is 48.1 Å². The minimum Gasteiger partial charge on any atom is -0.389 e. The minimum atomic E-state index is -0.156. The van der Waals surface area contributed by atoms with E-state index in [1.54, 1.807) is 31.2 Å². The van der Waals surface area contributed by atoms with Gasteiger partial charge in [0, 0.05) is 32.5 Å². The van der Waals surface area contributed by atoms with Crippen LogP contribution in [0.4, 0.5) is 0 Å². The number of pyridine rings is 1. The smallest absolute Gasteiger partial charge is 0.272 e. The number of nitrogens with zero attached hydrogens (tertiary/aromatic N) is 2. The van der Waals surface area contributed by atoms with Crippen LogP contribution in [0.2, 0.25) is 0 Å². The number of thiocarbonyl (C=S) groups is 1. The number of carbonyl (C=O) groups excluding carboxylic acids is 1. The van der Waals surface area contributed by atoms with E-state index in [0.717, 1.165) is 0 Å². The summed E-state index contributed by atoms with van der Waals surface area (Å²) in [5.74, 6) is -0.156. The molecule has 0 atom stereocenters. The zero-order valence-corrected chi connectivity index (χ0v) is 10.7.